The Labute approximate surface area is 318 Å². The van der Waals surface area contributed by atoms with Crippen LogP contribution in [0.1, 0.15) is 0 Å². The zero-order valence-electron chi connectivity index (χ0n) is 21.1. The molecule has 0 unspecified atom stereocenters. The first-order valence-electron chi connectivity index (χ1n) is 11.0. The van der Waals surface area contributed by atoms with Crippen molar-refractivity contribution in [2.45, 2.75) is 0 Å². The molecule has 0 fully saturated rings. The van der Waals surface area contributed by atoms with Gasteiger partial charge >= 0.3 is 145 Å². The Bertz CT molecular complexity index is 721. The second-order valence-corrected chi connectivity index (χ2v) is 7.99. The maximum absolute atomic E-state index is 10.6. The van der Waals surface area contributed by atoms with Gasteiger partial charge < -0.3 is 40.9 Å². The van der Waals surface area contributed by atoms with Crippen LogP contribution in [0.4, 0.5) is 0 Å². The number of hydrogen-bond acceptors (Lipinski definition) is 12. The van der Waals surface area contributed by atoms with Crippen molar-refractivity contribution in [3.05, 3.63) is 0 Å². The van der Waals surface area contributed by atoms with Gasteiger partial charge in [0.25, 0.3) is 0 Å². The molecule has 0 radical (unpaired) electrons. The maximum atomic E-state index is 10.6. The fraction of sp³-hybridized carbons (Fsp3) is 0.600. The fourth-order valence-electron chi connectivity index (χ4n) is 2.95. The summed E-state index contributed by atoms with van der Waals surface area (Å²) < 4.78 is 0. The van der Waals surface area contributed by atoms with Crippen LogP contribution in [0.2, 0.25) is 0 Å². The number of carboxylic acid groups (broad SMARTS) is 8. The van der Waals surface area contributed by atoms with Crippen molar-refractivity contribution >= 4 is 145 Å². The number of hydrogen-bond donors (Lipinski definition) is 8. The first kappa shape index (κ1) is 51.4. The van der Waals surface area contributed by atoms with Crippen molar-refractivity contribution in [2.75, 3.05) is 78.5 Å². The first-order valence-corrected chi connectivity index (χ1v) is 11.0. The van der Waals surface area contributed by atoms with Crippen LogP contribution in [0.5, 0.6) is 0 Å². The molecule has 0 aromatic carbocycles. The molecular formula is C20H36CaN4Na2O16. The molecule has 0 amide bonds. The number of carbonyl (C=O) groups is 8. The molecule has 43 heavy (non-hydrogen) atoms. The van der Waals surface area contributed by atoms with E-state index in [0.717, 1.165) is 19.6 Å². The van der Waals surface area contributed by atoms with Crippen molar-refractivity contribution in [1.29, 1.82) is 0 Å². The monoisotopic (exact) mass is 674 g/mol. The number of carboxylic acids is 8. The van der Waals surface area contributed by atoms with Gasteiger partial charge in [-0.05, 0) is 0 Å². The minimum atomic E-state index is -1.23. The molecule has 8 N–H and O–H groups in total. The van der Waals surface area contributed by atoms with Gasteiger partial charge in [0.1, 0.15) is 0 Å². The molecular weight excluding hydrogens is 638 g/mol. The Balaban J connectivity index is -0.000000209. The molecule has 20 nitrogen and oxygen atoms in total. The van der Waals surface area contributed by atoms with Gasteiger partial charge in [-0.2, -0.15) is 0 Å². The Morgan fingerprint density at radius 3 is 0.465 bits per heavy atom. The van der Waals surface area contributed by atoms with Crippen LogP contribution < -0.4 is 0 Å². The van der Waals surface area contributed by atoms with Gasteiger partial charge in [0.05, 0.1) is 52.4 Å². The zero-order chi connectivity index (χ0) is 31.4. The van der Waals surface area contributed by atoms with E-state index in [1.54, 1.807) is 0 Å². The van der Waals surface area contributed by atoms with E-state index in [2.05, 4.69) is 0 Å². The quantitative estimate of drug-likeness (QED) is 0.0495. The predicted molar refractivity (Wildman–Crippen MR) is 150 cm³/mol. The van der Waals surface area contributed by atoms with Gasteiger partial charge in [0.2, 0.25) is 0 Å². The van der Waals surface area contributed by atoms with Crippen LogP contribution in [0.25, 0.3) is 0 Å². The van der Waals surface area contributed by atoms with E-state index in [1.165, 1.54) is 0 Å². The van der Waals surface area contributed by atoms with Crippen LogP contribution in [-0.2, 0) is 38.4 Å². The van der Waals surface area contributed by atoms with E-state index in [1.807, 2.05) is 0 Å². The average Bonchev–Trinajstić information content (AvgIpc) is 2.72. The summed E-state index contributed by atoms with van der Waals surface area (Å²) in [5.74, 6) is -9.82. The van der Waals surface area contributed by atoms with Crippen LogP contribution >= 0.6 is 0 Å². The Morgan fingerprint density at radius 2 is 0.395 bits per heavy atom. The Kier molecular flexibility index (Phi) is 35.4. The van der Waals surface area contributed by atoms with E-state index in [9.17, 15) is 38.4 Å². The molecule has 236 valence electrons. The van der Waals surface area contributed by atoms with E-state index < -0.39 is 100 Å². The van der Waals surface area contributed by atoms with Crippen molar-refractivity contribution in [3.8, 4) is 0 Å². The molecule has 0 aromatic rings. The van der Waals surface area contributed by atoms with E-state index >= 15 is 0 Å². The third kappa shape index (κ3) is 37.0. The summed E-state index contributed by atoms with van der Waals surface area (Å²) in [6.45, 7) is -4.50. The summed E-state index contributed by atoms with van der Waals surface area (Å²) in [6.07, 6.45) is 0. The molecule has 0 heterocycles. The van der Waals surface area contributed by atoms with Gasteiger partial charge in [0.15, 0.2) is 0 Å². The van der Waals surface area contributed by atoms with E-state index in [-0.39, 0.29) is 123 Å². The summed E-state index contributed by atoms with van der Waals surface area (Å²) >= 11 is 0. The molecule has 0 atom stereocenters. The molecule has 23 heteroatoms. The molecule has 0 saturated heterocycles. The standard InChI is InChI=1S/2C10H16N2O8.Ca.2Na.4H/c2*13-7(14)3-11(4-8(15)16)1-2-12(5-9(17)18)6-10(19)20;;;;;;;/h2*1-6H2,(H,13,14)(H,15,16)(H,17,18)(H,19,20);;;;;;;. The summed E-state index contributed by atoms with van der Waals surface area (Å²) in [6, 6.07) is 0. The molecule has 0 saturated carbocycles. The third-order valence-electron chi connectivity index (χ3n) is 4.34. The van der Waals surface area contributed by atoms with E-state index in [0.29, 0.717) is 0 Å². The second kappa shape index (κ2) is 29.6. The summed E-state index contributed by atoms with van der Waals surface area (Å²) in [5.41, 5.74) is 0. The Hall–Kier alpha value is -1.14. The average molecular weight is 675 g/mol. The summed E-state index contributed by atoms with van der Waals surface area (Å²) in [4.78, 5) is 88.7. The summed E-state index contributed by atoms with van der Waals surface area (Å²) in [7, 11) is 0. The molecule has 0 aliphatic heterocycles. The number of aliphatic carboxylic acids is 8. The van der Waals surface area contributed by atoms with Crippen molar-refractivity contribution in [3.63, 3.8) is 0 Å². The van der Waals surface area contributed by atoms with Crippen molar-refractivity contribution in [1.82, 2.24) is 19.6 Å². The van der Waals surface area contributed by atoms with Crippen LogP contribution in [0, 0.1) is 0 Å². The predicted octanol–water partition coefficient (Wildman–Crippen LogP) is -6.36. The van der Waals surface area contributed by atoms with Gasteiger partial charge in [-0.25, -0.2) is 0 Å². The van der Waals surface area contributed by atoms with Gasteiger partial charge in [-0.3, -0.25) is 58.0 Å². The minimum absolute atomic E-state index is 0. The van der Waals surface area contributed by atoms with Gasteiger partial charge in [-0.15, -0.1) is 0 Å². The first-order chi connectivity index (χ1) is 18.4. The van der Waals surface area contributed by atoms with Crippen LogP contribution in [-0.4, -0.2) is 284 Å². The molecule has 0 spiro atoms. The second-order valence-electron chi connectivity index (χ2n) is 7.99. The fourth-order valence-corrected chi connectivity index (χ4v) is 2.95. The molecule has 0 aliphatic rings. The zero-order valence-corrected chi connectivity index (χ0v) is 21.1. The van der Waals surface area contributed by atoms with Crippen LogP contribution in [0.15, 0.2) is 0 Å². The molecule has 0 aliphatic carbocycles. The van der Waals surface area contributed by atoms with Crippen molar-refractivity contribution < 1.29 is 79.2 Å². The third-order valence-corrected chi connectivity index (χ3v) is 4.34. The molecule has 0 aromatic heterocycles. The molecule has 0 bridgehead atoms. The van der Waals surface area contributed by atoms with Gasteiger partial charge in [-0.1, -0.05) is 0 Å². The number of nitrogens with zero attached hydrogens (tertiary/aromatic N) is 4. The molecule has 0 rings (SSSR count). The Morgan fingerprint density at radius 1 is 0.302 bits per heavy atom. The van der Waals surface area contributed by atoms with E-state index in [4.69, 9.17) is 40.9 Å². The van der Waals surface area contributed by atoms with Crippen LogP contribution in [0.3, 0.4) is 0 Å². The topological polar surface area (TPSA) is 311 Å². The summed E-state index contributed by atoms with van der Waals surface area (Å²) in [5, 5.41) is 68.9. The number of rotatable bonds is 22. The van der Waals surface area contributed by atoms with Crippen molar-refractivity contribution in [2.24, 2.45) is 0 Å². The normalized spacial score (nSPS) is 9.95. The SMILES string of the molecule is O=C(O)CN(CCN(CC(=O)O)CC(=O)O)CC(=O)O.O=C(O)CN(CCN(CC(=O)O)CC(=O)O)CC(=O)O.[CaH2].[NaH].[NaH]. The van der Waals surface area contributed by atoms with Gasteiger partial charge in [0, 0.05) is 26.2 Å².